The van der Waals surface area contributed by atoms with Crippen LogP contribution in [0.3, 0.4) is 0 Å². The van der Waals surface area contributed by atoms with E-state index in [0.717, 1.165) is 15.6 Å². The van der Waals surface area contributed by atoms with Crippen molar-refractivity contribution in [1.82, 2.24) is 5.32 Å². The van der Waals surface area contributed by atoms with Gasteiger partial charge in [0.1, 0.15) is 0 Å². The highest BCUT2D eigenvalue weighted by Crippen LogP contribution is 2.19. The average Bonchev–Trinajstić information content (AvgIpc) is 2.35. The van der Waals surface area contributed by atoms with Gasteiger partial charge in [-0.1, -0.05) is 35.0 Å². The van der Waals surface area contributed by atoms with Gasteiger partial charge in [0.25, 0.3) is 0 Å². The molecule has 0 aromatic heterocycles. The summed E-state index contributed by atoms with van der Waals surface area (Å²) in [6.07, 6.45) is 3.95. The highest BCUT2D eigenvalue weighted by molar-refractivity contribution is 9.10. The summed E-state index contributed by atoms with van der Waals surface area (Å²) < 4.78 is 0.959. The van der Waals surface area contributed by atoms with Crippen LogP contribution in [0.5, 0.6) is 0 Å². The molecule has 98 valence electrons. The first-order valence-electron chi connectivity index (χ1n) is 5.92. The van der Waals surface area contributed by atoms with Crippen LogP contribution in [0, 0.1) is 6.92 Å². The van der Waals surface area contributed by atoms with Crippen LogP contribution in [-0.4, -0.2) is 23.7 Å². The molecule has 18 heavy (non-hydrogen) atoms. The van der Waals surface area contributed by atoms with Crippen LogP contribution in [0.1, 0.15) is 24.5 Å². The Balaban J connectivity index is 2.66. The van der Waals surface area contributed by atoms with E-state index in [9.17, 15) is 4.79 Å². The zero-order valence-electron chi connectivity index (χ0n) is 10.6. The summed E-state index contributed by atoms with van der Waals surface area (Å²) in [7, 11) is 0. The Morgan fingerprint density at radius 2 is 2.28 bits per heavy atom. The third-order valence-corrected chi connectivity index (χ3v) is 3.32. The minimum Gasteiger partial charge on any atom is -0.394 e. The van der Waals surface area contributed by atoms with E-state index in [1.165, 1.54) is 6.08 Å². The summed E-state index contributed by atoms with van der Waals surface area (Å²) in [6.45, 7) is 3.89. The molecule has 0 radical (unpaired) electrons. The zero-order valence-corrected chi connectivity index (χ0v) is 12.2. The highest BCUT2D eigenvalue weighted by atomic mass is 79.9. The van der Waals surface area contributed by atoms with E-state index in [2.05, 4.69) is 21.2 Å². The van der Waals surface area contributed by atoms with Gasteiger partial charge in [0.15, 0.2) is 0 Å². The van der Waals surface area contributed by atoms with Crippen molar-refractivity contribution in [2.24, 2.45) is 0 Å². The molecule has 0 spiro atoms. The molecule has 2 N–H and O–H groups in total. The molecule has 0 aliphatic carbocycles. The van der Waals surface area contributed by atoms with Crippen LogP contribution in [-0.2, 0) is 4.79 Å². The lowest BCUT2D eigenvalue weighted by Crippen LogP contribution is -2.35. The van der Waals surface area contributed by atoms with Crippen molar-refractivity contribution in [1.29, 1.82) is 0 Å². The molecule has 0 unspecified atom stereocenters. The van der Waals surface area contributed by atoms with Crippen LogP contribution in [0.25, 0.3) is 6.08 Å². The Hall–Kier alpha value is -1.13. The molecule has 3 nitrogen and oxygen atoms in total. The third-order valence-electron chi connectivity index (χ3n) is 2.63. The van der Waals surface area contributed by atoms with Gasteiger partial charge in [0, 0.05) is 10.5 Å². The molecule has 1 atom stereocenters. The normalized spacial score (nSPS) is 12.7. The maximum Gasteiger partial charge on any atom is 0.244 e. The molecule has 0 heterocycles. The minimum atomic E-state index is -0.191. The van der Waals surface area contributed by atoms with Crippen molar-refractivity contribution >= 4 is 27.9 Å². The Bertz CT molecular complexity index is 439. The van der Waals surface area contributed by atoms with Gasteiger partial charge in [0.05, 0.1) is 12.6 Å². The maximum atomic E-state index is 11.6. The average molecular weight is 312 g/mol. The van der Waals surface area contributed by atoms with Gasteiger partial charge >= 0.3 is 0 Å². The molecule has 0 saturated carbocycles. The smallest absolute Gasteiger partial charge is 0.244 e. The minimum absolute atomic E-state index is 0.0374. The van der Waals surface area contributed by atoms with E-state index in [4.69, 9.17) is 5.11 Å². The number of benzene rings is 1. The Morgan fingerprint density at radius 3 is 2.83 bits per heavy atom. The summed E-state index contributed by atoms with van der Waals surface area (Å²) in [5.41, 5.74) is 2.11. The number of halogens is 1. The fraction of sp³-hybridized carbons (Fsp3) is 0.357. The number of carbonyl (C=O) groups is 1. The van der Waals surface area contributed by atoms with Crippen LogP contribution in [0.15, 0.2) is 28.7 Å². The van der Waals surface area contributed by atoms with Gasteiger partial charge in [-0.2, -0.15) is 0 Å². The van der Waals surface area contributed by atoms with Gasteiger partial charge in [-0.15, -0.1) is 0 Å². The molecule has 1 aromatic carbocycles. The van der Waals surface area contributed by atoms with Crippen LogP contribution < -0.4 is 5.32 Å². The molecule has 0 fully saturated rings. The molecule has 0 saturated heterocycles. The van der Waals surface area contributed by atoms with E-state index in [1.54, 1.807) is 6.08 Å². The Kier molecular flexibility index (Phi) is 6.09. The Labute approximate surface area is 116 Å². The first-order chi connectivity index (χ1) is 8.56. The molecule has 0 aliphatic rings. The van der Waals surface area contributed by atoms with Gasteiger partial charge in [-0.05, 0) is 36.6 Å². The molecule has 1 amide bonds. The topological polar surface area (TPSA) is 49.3 Å². The summed E-state index contributed by atoms with van der Waals surface area (Å²) >= 11 is 3.45. The number of amides is 1. The second-order valence-corrected chi connectivity index (χ2v) is 5.01. The van der Waals surface area contributed by atoms with Crippen molar-refractivity contribution < 1.29 is 9.90 Å². The van der Waals surface area contributed by atoms with Crippen molar-refractivity contribution in [3.8, 4) is 0 Å². The second kappa shape index (κ2) is 7.34. The van der Waals surface area contributed by atoms with Crippen molar-refractivity contribution in [3.63, 3.8) is 0 Å². The number of hydrogen-bond donors (Lipinski definition) is 2. The molecule has 1 aromatic rings. The standard InChI is InChI=1S/C14H18BrNO2/c1-3-12(9-17)16-14(18)7-6-11-5-4-10(2)8-13(11)15/h4-8,12,17H,3,9H2,1-2H3,(H,16,18)/b7-6+/t12-/m0/s1. The largest absolute Gasteiger partial charge is 0.394 e. The summed E-state index contributed by atoms with van der Waals surface area (Å²) in [6, 6.07) is 5.76. The first kappa shape index (κ1) is 14.9. The number of aliphatic hydroxyl groups excluding tert-OH is 1. The van der Waals surface area contributed by atoms with Crippen molar-refractivity contribution in [3.05, 3.63) is 39.9 Å². The SMILES string of the molecule is CC[C@@H](CO)NC(=O)/C=C/c1ccc(C)cc1Br. The lowest BCUT2D eigenvalue weighted by molar-refractivity contribution is -0.117. The van der Waals surface area contributed by atoms with Crippen LogP contribution >= 0.6 is 15.9 Å². The number of aliphatic hydroxyl groups is 1. The first-order valence-corrected chi connectivity index (χ1v) is 6.71. The predicted octanol–water partition coefficient (Wildman–Crippen LogP) is 2.66. The molecule has 4 heteroatoms. The summed E-state index contributed by atoms with van der Waals surface area (Å²) in [5, 5.41) is 11.7. The lowest BCUT2D eigenvalue weighted by atomic mass is 10.1. The maximum absolute atomic E-state index is 11.6. The van der Waals surface area contributed by atoms with E-state index < -0.39 is 0 Å². The number of carbonyl (C=O) groups excluding carboxylic acids is 1. The fourth-order valence-corrected chi connectivity index (χ4v) is 2.08. The monoisotopic (exact) mass is 311 g/mol. The second-order valence-electron chi connectivity index (χ2n) is 4.15. The number of aryl methyl sites for hydroxylation is 1. The Morgan fingerprint density at radius 1 is 1.56 bits per heavy atom. The quantitative estimate of drug-likeness (QED) is 0.821. The van der Waals surface area contributed by atoms with E-state index in [1.807, 2.05) is 32.0 Å². The van der Waals surface area contributed by atoms with Gasteiger partial charge in [-0.3, -0.25) is 4.79 Å². The lowest BCUT2D eigenvalue weighted by Gasteiger charge is -2.11. The van der Waals surface area contributed by atoms with E-state index in [-0.39, 0.29) is 18.6 Å². The fourth-order valence-electron chi connectivity index (χ4n) is 1.46. The molecule has 0 aliphatic heterocycles. The van der Waals surface area contributed by atoms with Crippen LogP contribution in [0.2, 0.25) is 0 Å². The third kappa shape index (κ3) is 4.63. The molecular formula is C14H18BrNO2. The highest BCUT2D eigenvalue weighted by Gasteiger charge is 2.06. The van der Waals surface area contributed by atoms with Gasteiger partial charge in [-0.25, -0.2) is 0 Å². The van der Waals surface area contributed by atoms with E-state index >= 15 is 0 Å². The molecular weight excluding hydrogens is 294 g/mol. The van der Waals surface area contributed by atoms with Crippen LogP contribution in [0.4, 0.5) is 0 Å². The van der Waals surface area contributed by atoms with Gasteiger partial charge in [0.2, 0.25) is 5.91 Å². The predicted molar refractivity (Wildman–Crippen MR) is 77.2 cm³/mol. The number of hydrogen-bond acceptors (Lipinski definition) is 2. The van der Waals surface area contributed by atoms with Crippen molar-refractivity contribution in [2.75, 3.05) is 6.61 Å². The van der Waals surface area contributed by atoms with Crippen molar-refractivity contribution in [2.45, 2.75) is 26.3 Å². The zero-order chi connectivity index (χ0) is 13.5. The molecule has 1 rings (SSSR count). The summed E-state index contributed by atoms with van der Waals surface area (Å²) in [4.78, 5) is 11.6. The molecule has 0 bridgehead atoms. The number of rotatable bonds is 5. The summed E-state index contributed by atoms with van der Waals surface area (Å²) in [5.74, 6) is -0.191. The number of nitrogens with one attached hydrogen (secondary N) is 1. The van der Waals surface area contributed by atoms with Gasteiger partial charge < -0.3 is 10.4 Å². The van der Waals surface area contributed by atoms with E-state index in [0.29, 0.717) is 6.42 Å².